The van der Waals surface area contributed by atoms with E-state index in [0.717, 1.165) is 29.8 Å². The minimum absolute atomic E-state index is 0.0596. The fourth-order valence-corrected chi connectivity index (χ4v) is 3.65. The Bertz CT molecular complexity index is 799. The highest BCUT2D eigenvalue weighted by Gasteiger charge is 2.29. The van der Waals surface area contributed by atoms with Gasteiger partial charge >= 0.3 is 0 Å². The normalized spacial score (nSPS) is 22.2. The van der Waals surface area contributed by atoms with E-state index in [1.165, 1.54) is 11.1 Å². The second-order valence-electron chi connectivity index (χ2n) is 6.85. The summed E-state index contributed by atoms with van der Waals surface area (Å²) in [5, 5.41) is 10.2. The third kappa shape index (κ3) is 3.19. The van der Waals surface area contributed by atoms with Crippen molar-refractivity contribution in [1.29, 1.82) is 0 Å². The second kappa shape index (κ2) is 6.61. The van der Waals surface area contributed by atoms with Crippen LogP contribution < -0.4 is 5.32 Å². The summed E-state index contributed by atoms with van der Waals surface area (Å²) in [4.78, 5) is 12.6. The molecule has 2 aliphatic heterocycles. The average molecular weight is 341 g/mol. The number of hydrogen-bond acceptors (Lipinski definition) is 4. The second-order valence-corrected chi connectivity index (χ2v) is 6.85. The van der Waals surface area contributed by atoms with E-state index in [-0.39, 0.29) is 18.1 Å². The molecule has 6 heteroatoms. The molecule has 25 heavy (non-hydrogen) atoms. The van der Waals surface area contributed by atoms with E-state index in [4.69, 9.17) is 9.47 Å². The molecule has 2 atom stereocenters. The number of carbonyl (C=O) groups excluding carboxylic acids is 1. The van der Waals surface area contributed by atoms with Gasteiger partial charge in [-0.2, -0.15) is 5.10 Å². The van der Waals surface area contributed by atoms with Crippen molar-refractivity contribution in [2.75, 3.05) is 6.61 Å². The summed E-state index contributed by atoms with van der Waals surface area (Å²) in [6.07, 6.45) is 1.67. The molecule has 0 saturated carbocycles. The number of hydrogen-bond donors (Lipinski definition) is 2. The van der Waals surface area contributed by atoms with Crippen LogP contribution in [-0.4, -0.2) is 28.8 Å². The summed E-state index contributed by atoms with van der Waals surface area (Å²) in [5.74, 6) is -0.139. The van der Waals surface area contributed by atoms with Crippen molar-refractivity contribution in [3.8, 4) is 0 Å². The molecule has 132 valence electrons. The molecule has 4 rings (SSSR count). The molecule has 6 nitrogen and oxygen atoms in total. The molecule has 0 radical (unpaired) electrons. The molecule has 0 aliphatic carbocycles. The topological polar surface area (TPSA) is 76.2 Å². The fourth-order valence-electron chi connectivity index (χ4n) is 3.65. The van der Waals surface area contributed by atoms with Crippen molar-refractivity contribution in [2.24, 2.45) is 0 Å². The molecular formula is C19H23N3O3. The summed E-state index contributed by atoms with van der Waals surface area (Å²) in [6.45, 7) is 5.94. The third-order valence-corrected chi connectivity index (χ3v) is 4.95. The van der Waals surface area contributed by atoms with E-state index >= 15 is 0 Å². The van der Waals surface area contributed by atoms with Gasteiger partial charge in [0.25, 0.3) is 5.91 Å². The highest BCUT2D eigenvalue weighted by molar-refractivity contribution is 5.94. The van der Waals surface area contributed by atoms with E-state index < -0.39 is 0 Å². The predicted molar refractivity (Wildman–Crippen MR) is 92.2 cm³/mol. The highest BCUT2D eigenvalue weighted by Crippen LogP contribution is 2.30. The highest BCUT2D eigenvalue weighted by atomic mass is 16.5. The maximum Gasteiger partial charge on any atom is 0.272 e. The minimum atomic E-state index is -0.139. The lowest BCUT2D eigenvalue weighted by Gasteiger charge is -2.25. The third-order valence-electron chi connectivity index (χ3n) is 4.95. The number of nitrogens with one attached hydrogen (secondary N) is 2. The zero-order valence-corrected chi connectivity index (χ0v) is 14.6. The van der Waals surface area contributed by atoms with Crippen LogP contribution in [0.1, 0.15) is 58.4 Å². The van der Waals surface area contributed by atoms with Gasteiger partial charge in [-0.05, 0) is 37.0 Å². The van der Waals surface area contributed by atoms with Crippen molar-refractivity contribution < 1.29 is 14.3 Å². The first-order valence-corrected chi connectivity index (χ1v) is 8.81. The van der Waals surface area contributed by atoms with Crippen molar-refractivity contribution in [3.63, 3.8) is 0 Å². The van der Waals surface area contributed by atoms with Crippen LogP contribution in [0, 0.1) is 0 Å². The SMILES string of the molecule is C[C@@H]1Cc2c(C(=O)NCc3ccc4c(c3)CCOC4)n[nH]c2[C@H](C)O1. The minimum Gasteiger partial charge on any atom is -0.376 e. The molecule has 0 unspecified atom stereocenters. The standard InChI is InChI=1S/C19H23N3O3/c1-11-7-16-17(12(2)25-11)21-22-18(16)19(23)20-9-13-3-4-15-10-24-6-5-14(15)8-13/h3-4,8,11-12H,5-7,9-10H2,1-2H3,(H,20,23)(H,21,22)/t11-,12+/m1/s1. The van der Waals surface area contributed by atoms with Crippen LogP contribution in [0.3, 0.4) is 0 Å². The van der Waals surface area contributed by atoms with Gasteiger partial charge in [-0.3, -0.25) is 9.89 Å². The summed E-state index contributed by atoms with van der Waals surface area (Å²) >= 11 is 0. The van der Waals surface area contributed by atoms with Gasteiger partial charge in [-0.1, -0.05) is 18.2 Å². The van der Waals surface area contributed by atoms with Gasteiger partial charge in [0.2, 0.25) is 0 Å². The number of ether oxygens (including phenoxy) is 2. The maximum atomic E-state index is 12.6. The number of carbonyl (C=O) groups is 1. The Balaban J connectivity index is 1.46. The van der Waals surface area contributed by atoms with E-state index in [1.807, 2.05) is 19.9 Å². The van der Waals surface area contributed by atoms with Crippen LogP contribution >= 0.6 is 0 Å². The molecule has 2 aliphatic rings. The summed E-state index contributed by atoms with van der Waals surface area (Å²) in [7, 11) is 0. The zero-order valence-electron chi connectivity index (χ0n) is 14.6. The molecule has 2 N–H and O–H groups in total. The lowest BCUT2D eigenvalue weighted by atomic mass is 9.99. The number of H-pyrrole nitrogens is 1. The molecule has 2 aromatic rings. The molecule has 3 heterocycles. The molecule has 0 bridgehead atoms. The summed E-state index contributed by atoms with van der Waals surface area (Å²) in [5.41, 5.74) is 6.04. The Morgan fingerprint density at radius 3 is 3.12 bits per heavy atom. The smallest absolute Gasteiger partial charge is 0.272 e. The number of amides is 1. The van der Waals surface area contributed by atoms with Crippen LogP contribution in [0.5, 0.6) is 0 Å². The predicted octanol–water partition coefficient (Wildman–Crippen LogP) is 2.43. The first-order valence-electron chi connectivity index (χ1n) is 8.81. The van der Waals surface area contributed by atoms with Gasteiger partial charge < -0.3 is 14.8 Å². The van der Waals surface area contributed by atoms with Gasteiger partial charge in [0.05, 0.1) is 31.1 Å². The number of rotatable bonds is 3. The van der Waals surface area contributed by atoms with Crippen LogP contribution in [0.15, 0.2) is 18.2 Å². The van der Waals surface area contributed by atoms with Gasteiger partial charge in [-0.25, -0.2) is 0 Å². The molecule has 0 saturated heterocycles. The summed E-state index contributed by atoms with van der Waals surface area (Å²) < 4.78 is 11.2. The van der Waals surface area contributed by atoms with Crippen LogP contribution in [0.25, 0.3) is 0 Å². The molecule has 0 spiro atoms. The van der Waals surface area contributed by atoms with Crippen molar-refractivity contribution in [2.45, 2.75) is 52.0 Å². The quantitative estimate of drug-likeness (QED) is 0.899. The summed E-state index contributed by atoms with van der Waals surface area (Å²) in [6, 6.07) is 6.30. The van der Waals surface area contributed by atoms with Crippen LogP contribution in [0.2, 0.25) is 0 Å². The number of benzene rings is 1. The molecule has 0 fully saturated rings. The molecule has 1 amide bonds. The van der Waals surface area contributed by atoms with E-state index in [9.17, 15) is 4.79 Å². The average Bonchev–Trinajstić information content (AvgIpc) is 3.03. The number of aromatic amines is 1. The van der Waals surface area contributed by atoms with Crippen LogP contribution in [0.4, 0.5) is 0 Å². The monoisotopic (exact) mass is 341 g/mol. The van der Waals surface area contributed by atoms with E-state index in [0.29, 0.717) is 25.3 Å². The largest absolute Gasteiger partial charge is 0.376 e. The number of nitrogens with zero attached hydrogens (tertiary/aromatic N) is 1. The van der Waals surface area contributed by atoms with Gasteiger partial charge in [0, 0.05) is 18.5 Å². The Morgan fingerprint density at radius 1 is 1.36 bits per heavy atom. The first-order chi connectivity index (χ1) is 12.1. The fraction of sp³-hybridized carbons (Fsp3) is 0.474. The van der Waals surface area contributed by atoms with Gasteiger partial charge in [-0.15, -0.1) is 0 Å². The number of aromatic nitrogens is 2. The molecular weight excluding hydrogens is 318 g/mol. The van der Waals surface area contributed by atoms with Crippen molar-refractivity contribution in [3.05, 3.63) is 51.8 Å². The van der Waals surface area contributed by atoms with Crippen LogP contribution in [-0.2, 0) is 35.5 Å². The van der Waals surface area contributed by atoms with Crippen molar-refractivity contribution in [1.82, 2.24) is 15.5 Å². The lowest BCUT2D eigenvalue weighted by molar-refractivity contribution is -0.00697. The van der Waals surface area contributed by atoms with E-state index in [2.05, 4.69) is 27.6 Å². The van der Waals surface area contributed by atoms with Crippen molar-refractivity contribution >= 4 is 5.91 Å². The Labute approximate surface area is 146 Å². The lowest BCUT2D eigenvalue weighted by Crippen LogP contribution is -2.27. The Hall–Kier alpha value is -2.18. The Kier molecular flexibility index (Phi) is 4.31. The number of fused-ring (bicyclic) bond motifs is 2. The first kappa shape index (κ1) is 16.3. The Morgan fingerprint density at radius 2 is 2.24 bits per heavy atom. The molecule has 1 aromatic carbocycles. The van der Waals surface area contributed by atoms with Gasteiger partial charge in [0.1, 0.15) is 0 Å². The zero-order chi connectivity index (χ0) is 17.4. The maximum absolute atomic E-state index is 12.6. The van der Waals surface area contributed by atoms with E-state index in [1.54, 1.807) is 0 Å². The van der Waals surface area contributed by atoms with Gasteiger partial charge in [0.15, 0.2) is 5.69 Å². The molecule has 1 aromatic heterocycles.